The highest BCUT2D eigenvalue weighted by Gasteiger charge is 2.05. The molecular formula is C13H16N4. The van der Waals surface area contributed by atoms with E-state index in [0.29, 0.717) is 5.82 Å². The Morgan fingerprint density at radius 2 is 1.88 bits per heavy atom. The number of hydrazine groups is 1. The summed E-state index contributed by atoms with van der Waals surface area (Å²) in [7, 11) is 0. The lowest BCUT2D eigenvalue weighted by Gasteiger charge is -2.06. The molecule has 0 saturated heterocycles. The molecule has 3 N–H and O–H groups in total. The SMILES string of the molecule is CCc1ccc(-c2nnc(NN)cc2C)cc1. The second-order valence-electron chi connectivity index (χ2n) is 3.96. The minimum absolute atomic E-state index is 0.580. The Hall–Kier alpha value is -1.94. The summed E-state index contributed by atoms with van der Waals surface area (Å²) in [5.41, 5.74) is 6.84. The van der Waals surface area contributed by atoms with E-state index in [9.17, 15) is 0 Å². The molecule has 1 aromatic heterocycles. The number of nitrogen functional groups attached to an aromatic ring is 1. The van der Waals surface area contributed by atoms with E-state index in [2.05, 4.69) is 46.8 Å². The van der Waals surface area contributed by atoms with Gasteiger partial charge in [0, 0.05) is 5.56 Å². The van der Waals surface area contributed by atoms with Crippen LogP contribution in [-0.4, -0.2) is 10.2 Å². The van der Waals surface area contributed by atoms with Crippen molar-refractivity contribution in [1.29, 1.82) is 0 Å². The van der Waals surface area contributed by atoms with Gasteiger partial charge in [-0.1, -0.05) is 31.2 Å². The summed E-state index contributed by atoms with van der Waals surface area (Å²) in [6, 6.07) is 10.3. The summed E-state index contributed by atoms with van der Waals surface area (Å²) < 4.78 is 0. The quantitative estimate of drug-likeness (QED) is 0.625. The summed E-state index contributed by atoms with van der Waals surface area (Å²) in [6.45, 7) is 4.14. The highest BCUT2D eigenvalue weighted by molar-refractivity contribution is 5.63. The molecule has 4 heteroatoms. The third kappa shape index (κ3) is 2.42. The lowest BCUT2D eigenvalue weighted by atomic mass is 10.0. The Labute approximate surface area is 101 Å². The van der Waals surface area contributed by atoms with E-state index in [4.69, 9.17) is 5.84 Å². The maximum Gasteiger partial charge on any atom is 0.162 e. The Morgan fingerprint density at radius 3 is 2.41 bits per heavy atom. The molecule has 1 heterocycles. The maximum absolute atomic E-state index is 5.29. The first-order valence-corrected chi connectivity index (χ1v) is 5.65. The van der Waals surface area contributed by atoms with E-state index in [0.717, 1.165) is 23.2 Å². The van der Waals surface area contributed by atoms with Gasteiger partial charge in [-0.15, -0.1) is 10.2 Å². The van der Waals surface area contributed by atoms with Crippen LogP contribution in [0.2, 0.25) is 0 Å². The number of benzene rings is 1. The largest absolute Gasteiger partial charge is 0.307 e. The predicted octanol–water partition coefficient (Wildman–Crippen LogP) is 2.30. The fourth-order valence-electron chi connectivity index (χ4n) is 1.74. The number of aromatic nitrogens is 2. The number of nitrogens with two attached hydrogens (primary N) is 1. The van der Waals surface area contributed by atoms with E-state index in [1.165, 1.54) is 5.56 Å². The Kier molecular flexibility index (Phi) is 3.35. The molecule has 17 heavy (non-hydrogen) atoms. The van der Waals surface area contributed by atoms with E-state index in [1.54, 1.807) is 0 Å². The molecule has 0 aliphatic rings. The summed E-state index contributed by atoms with van der Waals surface area (Å²) in [5, 5.41) is 8.17. The molecule has 0 spiro atoms. The number of rotatable bonds is 3. The molecule has 0 fully saturated rings. The molecule has 4 nitrogen and oxygen atoms in total. The van der Waals surface area contributed by atoms with Crippen molar-refractivity contribution in [2.75, 3.05) is 5.43 Å². The van der Waals surface area contributed by atoms with Crippen molar-refractivity contribution in [2.45, 2.75) is 20.3 Å². The number of anilines is 1. The van der Waals surface area contributed by atoms with Crippen LogP contribution in [0.15, 0.2) is 30.3 Å². The van der Waals surface area contributed by atoms with Gasteiger partial charge in [0.25, 0.3) is 0 Å². The van der Waals surface area contributed by atoms with Crippen LogP contribution < -0.4 is 11.3 Å². The molecule has 0 unspecified atom stereocenters. The molecule has 2 aromatic rings. The van der Waals surface area contributed by atoms with Crippen molar-refractivity contribution in [2.24, 2.45) is 5.84 Å². The van der Waals surface area contributed by atoms with Crippen LogP contribution in [0.4, 0.5) is 5.82 Å². The fraction of sp³-hybridized carbons (Fsp3) is 0.231. The number of nitrogens with zero attached hydrogens (tertiary/aromatic N) is 2. The van der Waals surface area contributed by atoms with Crippen molar-refractivity contribution in [3.8, 4) is 11.3 Å². The molecule has 0 aliphatic heterocycles. The zero-order valence-corrected chi connectivity index (χ0v) is 10.1. The van der Waals surface area contributed by atoms with Crippen LogP contribution in [-0.2, 0) is 6.42 Å². The van der Waals surface area contributed by atoms with Gasteiger partial charge in [-0.05, 0) is 30.5 Å². The minimum Gasteiger partial charge on any atom is -0.307 e. The van der Waals surface area contributed by atoms with Crippen LogP contribution in [0, 0.1) is 6.92 Å². The second kappa shape index (κ2) is 4.93. The molecule has 0 amide bonds. The van der Waals surface area contributed by atoms with Crippen molar-refractivity contribution in [3.63, 3.8) is 0 Å². The van der Waals surface area contributed by atoms with Crippen LogP contribution in [0.1, 0.15) is 18.1 Å². The molecule has 2 rings (SSSR count). The smallest absolute Gasteiger partial charge is 0.162 e. The zero-order valence-electron chi connectivity index (χ0n) is 10.1. The van der Waals surface area contributed by atoms with Gasteiger partial charge in [0.2, 0.25) is 0 Å². The average molecular weight is 228 g/mol. The highest BCUT2D eigenvalue weighted by atomic mass is 15.3. The third-order valence-corrected chi connectivity index (χ3v) is 2.77. The van der Waals surface area contributed by atoms with Crippen molar-refractivity contribution < 1.29 is 0 Å². The molecule has 88 valence electrons. The van der Waals surface area contributed by atoms with Gasteiger partial charge in [0.1, 0.15) is 0 Å². The van der Waals surface area contributed by atoms with Gasteiger partial charge in [-0.25, -0.2) is 5.84 Å². The van der Waals surface area contributed by atoms with E-state index < -0.39 is 0 Å². The van der Waals surface area contributed by atoms with Crippen molar-refractivity contribution in [1.82, 2.24) is 10.2 Å². The molecule has 0 saturated carbocycles. The van der Waals surface area contributed by atoms with Crippen molar-refractivity contribution >= 4 is 5.82 Å². The summed E-state index contributed by atoms with van der Waals surface area (Å²) in [4.78, 5) is 0. The minimum atomic E-state index is 0.580. The molecule has 0 bridgehead atoms. The first-order chi connectivity index (χ1) is 8.24. The van der Waals surface area contributed by atoms with Gasteiger partial charge >= 0.3 is 0 Å². The lowest BCUT2D eigenvalue weighted by molar-refractivity contribution is 1.01. The van der Waals surface area contributed by atoms with Crippen LogP contribution in [0.3, 0.4) is 0 Å². The van der Waals surface area contributed by atoms with Crippen molar-refractivity contribution in [3.05, 3.63) is 41.5 Å². The average Bonchev–Trinajstić information content (AvgIpc) is 2.39. The topological polar surface area (TPSA) is 63.8 Å². The molecule has 0 radical (unpaired) electrons. The second-order valence-corrected chi connectivity index (χ2v) is 3.96. The summed E-state index contributed by atoms with van der Waals surface area (Å²) in [6.07, 6.45) is 1.04. The summed E-state index contributed by atoms with van der Waals surface area (Å²) >= 11 is 0. The van der Waals surface area contributed by atoms with Gasteiger partial charge in [0.05, 0.1) is 5.69 Å². The van der Waals surface area contributed by atoms with E-state index >= 15 is 0 Å². The summed E-state index contributed by atoms with van der Waals surface area (Å²) in [5.74, 6) is 5.87. The fourth-order valence-corrected chi connectivity index (χ4v) is 1.74. The first kappa shape index (κ1) is 11.5. The van der Waals surface area contributed by atoms with Crippen LogP contribution >= 0.6 is 0 Å². The predicted molar refractivity (Wildman–Crippen MR) is 69.4 cm³/mol. The number of hydrogen-bond acceptors (Lipinski definition) is 4. The highest BCUT2D eigenvalue weighted by Crippen LogP contribution is 2.22. The Morgan fingerprint density at radius 1 is 1.18 bits per heavy atom. The van der Waals surface area contributed by atoms with E-state index in [-0.39, 0.29) is 0 Å². The standard InChI is InChI=1S/C13H16N4/c1-3-10-4-6-11(7-5-10)13-9(2)8-12(15-14)16-17-13/h4-8H,3,14H2,1-2H3,(H,15,16). The van der Waals surface area contributed by atoms with Crippen LogP contribution in [0.5, 0.6) is 0 Å². The van der Waals surface area contributed by atoms with Crippen LogP contribution in [0.25, 0.3) is 11.3 Å². The third-order valence-electron chi connectivity index (χ3n) is 2.77. The molecular weight excluding hydrogens is 212 g/mol. The van der Waals surface area contributed by atoms with E-state index in [1.807, 2.05) is 13.0 Å². The monoisotopic (exact) mass is 228 g/mol. The zero-order chi connectivity index (χ0) is 12.3. The van der Waals surface area contributed by atoms with Gasteiger partial charge in [-0.3, -0.25) is 0 Å². The molecule has 0 atom stereocenters. The lowest BCUT2D eigenvalue weighted by Crippen LogP contribution is -2.09. The maximum atomic E-state index is 5.29. The Bertz CT molecular complexity index is 505. The first-order valence-electron chi connectivity index (χ1n) is 5.65. The Balaban J connectivity index is 2.38. The van der Waals surface area contributed by atoms with Gasteiger partial charge in [0.15, 0.2) is 5.82 Å². The van der Waals surface area contributed by atoms with Gasteiger partial charge < -0.3 is 5.43 Å². The normalized spacial score (nSPS) is 10.3. The number of aryl methyl sites for hydroxylation is 2. The molecule has 0 aliphatic carbocycles. The van der Waals surface area contributed by atoms with Gasteiger partial charge in [-0.2, -0.15) is 0 Å². The molecule has 1 aromatic carbocycles. The number of nitrogens with one attached hydrogen (secondary N) is 1. The number of hydrogen-bond donors (Lipinski definition) is 2.